The number of carbonyl (C=O) groups excluding carboxylic acids is 3. The maximum absolute atomic E-state index is 10.9. The number of hydrogen-bond donors (Lipinski definition) is 1. The van der Waals surface area contributed by atoms with Gasteiger partial charge in [0, 0.05) is 12.4 Å². The van der Waals surface area contributed by atoms with E-state index in [0.717, 1.165) is 0 Å². The van der Waals surface area contributed by atoms with E-state index in [1.54, 1.807) is 0 Å². The van der Waals surface area contributed by atoms with Crippen LogP contribution in [0.2, 0.25) is 0 Å². The minimum absolute atomic E-state index is 0. The summed E-state index contributed by atoms with van der Waals surface area (Å²) in [7, 11) is 0. The molecule has 16 heavy (non-hydrogen) atoms. The molecule has 0 aliphatic heterocycles. The van der Waals surface area contributed by atoms with Crippen LogP contribution in [0.15, 0.2) is 0 Å². The van der Waals surface area contributed by atoms with Crippen molar-refractivity contribution in [3.8, 4) is 0 Å². The summed E-state index contributed by atoms with van der Waals surface area (Å²) in [5.74, 6) is -4.88. The first-order valence-electron chi connectivity index (χ1n) is 4.11. The molecule has 0 aromatic rings. The fourth-order valence-corrected chi connectivity index (χ4v) is 0.896. The minimum atomic E-state index is -2.79. The van der Waals surface area contributed by atoms with E-state index >= 15 is 0 Å². The number of carboxylic acid groups (broad SMARTS) is 2. The molecule has 0 rings (SSSR count). The van der Waals surface area contributed by atoms with Gasteiger partial charge in [0.2, 0.25) is 0 Å². The maximum Gasteiger partial charge on any atom is 2.00 e. The number of carboxylic acids is 2. The van der Waals surface area contributed by atoms with Crippen molar-refractivity contribution in [2.24, 2.45) is 0 Å². The molecule has 0 saturated heterocycles. The standard InChI is InChI=1S/C8H12O7.Ca/c1-2-15-6(11)4-8(14,7(12)13)3-5(9)10;/h14H,2-4H2,1H3,(H,9,10)(H,12,13);/q;+2/p-2. The number of carbonyl (C=O) groups is 3. The maximum atomic E-state index is 10.9. The molecule has 8 heteroatoms. The molecule has 0 aliphatic carbocycles. The molecule has 0 aliphatic rings. The van der Waals surface area contributed by atoms with Crippen molar-refractivity contribution in [3.63, 3.8) is 0 Å². The van der Waals surface area contributed by atoms with E-state index in [1.807, 2.05) is 0 Å². The van der Waals surface area contributed by atoms with Gasteiger partial charge in [0.05, 0.1) is 19.0 Å². The Morgan fingerprint density at radius 3 is 2.06 bits per heavy atom. The SMILES string of the molecule is CCOC(=O)CC(O)(CC(=O)[O-])C(=O)[O-].[Ca+2]. The normalized spacial score (nSPS) is 13.1. The van der Waals surface area contributed by atoms with E-state index in [4.69, 9.17) is 0 Å². The number of aliphatic hydroxyl groups is 1. The van der Waals surface area contributed by atoms with Gasteiger partial charge in [0.25, 0.3) is 0 Å². The Balaban J connectivity index is 0. The first-order chi connectivity index (χ1) is 6.81. The van der Waals surface area contributed by atoms with Crippen molar-refractivity contribution < 1.29 is 34.4 Å². The molecule has 1 N–H and O–H groups in total. The largest absolute Gasteiger partial charge is 2.00 e. The monoisotopic (exact) mass is 258 g/mol. The number of rotatable bonds is 6. The van der Waals surface area contributed by atoms with Crippen molar-refractivity contribution >= 4 is 55.6 Å². The van der Waals surface area contributed by atoms with Crippen molar-refractivity contribution in [3.05, 3.63) is 0 Å². The summed E-state index contributed by atoms with van der Waals surface area (Å²) in [6.45, 7) is 1.47. The Morgan fingerprint density at radius 2 is 1.75 bits per heavy atom. The van der Waals surface area contributed by atoms with E-state index in [1.165, 1.54) is 6.92 Å². The molecule has 0 heterocycles. The van der Waals surface area contributed by atoms with Crippen LogP contribution in [0, 0.1) is 0 Å². The molecule has 0 bridgehead atoms. The number of hydrogen-bond acceptors (Lipinski definition) is 7. The average Bonchev–Trinajstić information content (AvgIpc) is 2.01. The molecule has 1 atom stereocenters. The summed E-state index contributed by atoms with van der Waals surface area (Å²) >= 11 is 0. The molecule has 1 unspecified atom stereocenters. The van der Waals surface area contributed by atoms with Crippen LogP contribution in [-0.4, -0.2) is 73.0 Å². The van der Waals surface area contributed by atoms with Crippen LogP contribution < -0.4 is 10.2 Å². The molecular formula is C8H10CaO7. The second kappa shape index (κ2) is 7.83. The molecule has 7 nitrogen and oxygen atoms in total. The van der Waals surface area contributed by atoms with Gasteiger partial charge in [0.15, 0.2) is 0 Å². The molecule has 0 radical (unpaired) electrons. The molecule has 0 aromatic heterocycles. The fraction of sp³-hybridized carbons (Fsp3) is 0.625. The van der Waals surface area contributed by atoms with Crippen LogP contribution in [0.25, 0.3) is 0 Å². The van der Waals surface area contributed by atoms with Crippen LogP contribution in [0.3, 0.4) is 0 Å². The summed E-state index contributed by atoms with van der Waals surface area (Å²) in [6, 6.07) is 0. The van der Waals surface area contributed by atoms with E-state index in [9.17, 15) is 29.7 Å². The van der Waals surface area contributed by atoms with E-state index in [2.05, 4.69) is 4.74 Å². The van der Waals surface area contributed by atoms with Crippen molar-refractivity contribution in [2.45, 2.75) is 25.4 Å². The molecular weight excluding hydrogens is 248 g/mol. The third kappa shape index (κ3) is 6.26. The Bertz CT molecular complexity index is 278. The van der Waals surface area contributed by atoms with Gasteiger partial charge in [-0.05, 0) is 6.92 Å². The average molecular weight is 258 g/mol. The summed E-state index contributed by atoms with van der Waals surface area (Å²) in [5, 5.41) is 29.9. The second-order valence-corrected chi connectivity index (χ2v) is 2.85. The van der Waals surface area contributed by atoms with Gasteiger partial charge < -0.3 is 29.6 Å². The smallest absolute Gasteiger partial charge is 0.550 e. The molecule has 0 saturated carbocycles. The zero-order valence-corrected chi connectivity index (χ0v) is 10.9. The predicted octanol–water partition coefficient (Wildman–Crippen LogP) is -3.82. The van der Waals surface area contributed by atoms with Gasteiger partial charge in [-0.3, -0.25) is 4.79 Å². The first-order valence-corrected chi connectivity index (χ1v) is 4.11. The topological polar surface area (TPSA) is 127 Å². The number of aliphatic carboxylic acids is 2. The predicted molar refractivity (Wildman–Crippen MR) is 46.6 cm³/mol. The van der Waals surface area contributed by atoms with Gasteiger partial charge in [-0.1, -0.05) is 0 Å². The summed E-state index contributed by atoms with van der Waals surface area (Å²) in [4.78, 5) is 31.4. The summed E-state index contributed by atoms with van der Waals surface area (Å²) < 4.78 is 4.37. The Labute approximate surface area is 121 Å². The van der Waals surface area contributed by atoms with E-state index < -0.39 is 36.4 Å². The van der Waals surface area contributed by atoms with Crippen molar-refractivity contribution in [2.75, 3.05) is 6.61 Å². The molecule has 0 amide bonds. The van der Waals surface area contributed by atoms with E-state index in [0.29, 0.717) is 0 Å². The Hall–Kier alpha value is -0.370. The Kier molecular flexibility index (Phi) is 8.81. The number of ether oxygens (including phenoxy) is 1. The molecule has 0 spiro atoms. The second-order valence-electron chi connectivity index (χ2n) is 2.85. The van der Waals surface area contributed by atoms with Gasteiger partial charge in [-0.25, -0.2) is 0 Å². The fourth-order valence-electron chi connectivity index (χ4n) is 0.896. The zero-order chi connectivity index (χ0) is 12.1. The third-order valence-electron chi connectivity index (χ3n) is 1.56. The van der Waals surface area contributed by atoms with E-state index in [-0.39, 0.29) is 44.3 Å². The van der Waals surface area contributed by atoms with Crippen molar-refractivity contribution in [1.82, 2.24) is 0 Å². The van der Waals surface area contributed by atoms with Crippen LogP contribution >= 0.6 is 0 Å². The first kappa shape index (κ1) is 18.0. The number of esters is 1. The quantitative estimate of drug-likeness (QED) is 0.382. The van der Waals surface area contributed by atoms with Gasteiger partial charge >= 0.3 is 43.7 Å². The molecule has 86 valence electrons. The molecule has 0 fully saturated rings. The van der Waals surface area contributed by atoms with Crippen LogP contribution in [0.1, 0.15) is 19.8 Å². The van der Waals surface area contributed by atoms with Gasteiger partial charge in [-0.2, -0.15) is 0 Å². The molecule has 0 aromatic carbocycles. The zero-order valence-electron chi connectivity index (χ0n) is 8.73. The summed E-state index contributed by atoms with van der Waals surface area (Å²) in [5.41, 5.74) is -2.79. The van der Waals surface area contributed by atoms with Gasteiger partial charge in [-0.15, -0.1) is 0 Å². The van der Waals surface area contributed by atoms with Crippen LogP contribution in [0.5, 0.6) is 0 Å². The summed E-state index contributed by atoms with van der Waals surface area (Å²) in [6.07, 6.45) is -2.22. The minimum Gasteiger partial charge on any atom is -0.550 e. The van der Waals surface area contributed by atoms with Crippen molar-refractivity contribution in [1.29, 1.82) is 0 Å². The van der Waals surface area contributed by atoms with Crippen LogP contribution in [-0.2, 0) is 19.1 Å². The third-order valence-corrected chi connectivity index (χ3v) is 1.56. The van der Waals surface area contributed by atoms with Gasteiger partial charge in [0.1, 0.15) is 5.60 Å². The van der Waals surface area contributed by atoms with Crippen LogP contribution in [0.4, 0.5) is 0 Å². The Morgan fingerprint density at radius 1 is 1.25 bits per heavy atom.